The van der Waals surface area contributed by atoms with E-state index >= 15 is 0 Å². The lowest BCUT2D eigenvalue weighted by atomic mass is 10.1. The third-order valence-corrected chi connectivity index (χ3v) is 2.84. The molecule has 0 radical (unpaired) electrons. The molecule has 0 fully saturated rings. The topological polar surface area (TPSA) is 35.2 Å². The second-order valence-corrected chi connectivity index (χ2v) is 4.86. The molecule has 0 saturated heterocycles. The van der Waals surface area contributed by atoms with Crippen molar-refractivity contribution in [2.75, 3.05) is 0 Å². The van der Waals surface area contributed by atoms with Crippen LogP contribution in [0.4, 0.5) is 8.78 Å². The first-order valence-electron chi connectivity index (χ1n) is 6.46. The molecule has 0 amide bonds. The molecule has 2 rings (SSSR count). The average Bonchev–Trinajstić information content (AvgIpc) is 2.37. The molecule has 0 saturated carbocycles. The first-order chi connectivity index (χ1) is 9.54. The van der Waals surface area contributed by atoms with Crippen molar-refractivity contribution >= 4 is 0 Å². The number of halogens is 2. The quantitative estimate of drug-likeness (QED) is 0.908. The summed E-state index contributed by atoms with van der Waals surface area (Å²) in [5.41, 5.74) is 7.16. The van der Waals surface area contributed by atoms with E-state index in [2.05, 4.69) is 0 Å². The normalized spacial score (nSPS) is 12.2. The zero-order chi connectivity index (χ0) is 14.5. The van der Waals surface area contributed by atoms with Crippen LogP contribution in [-0.4, -0.2) is 6.04 Å². The summed E-state index contributed by atoms with van der Waals surface area (Å²) in [5, 5.41) is 0. The molecule has 1 unspecified atom stereocenters. The van der Waals surface area contributed by atoms with Crippen LogP contribution in [0.3, 0.4) is 0 Å². The van der Waals surface area contributed by atoms with E-state index in [1.165, 1.54) is 18.2 Å². The number of nitrogens with two attached hydrogens (primary N) is 1. The Kier molecular flexibility index (Phi) is 4.69. The van der Waals surface area contributed by atoms with Gasteiger partial charge < -0.3 is 10.5 Å². The Morgan fingerprint density at radius 3 is 2.55 bits per heavy atom. The maximum absolute atomic E-state index is 13.8. The fourth-order valence-electron chi connectivity index (χ4n) is 1.95. The third-order valence-electron chi connectivity index (χ3n) is 2.84. The van der Waals surface area contributed by atoms with Crippen molar-refractivity contribution in [2.24, 2.45) is 5.73 Å². The highest BCUT2D eigenvalue weighted by atomic mass is 19.1. The number of benzene rings is 2. The van der Waals surface area contributed by atoms with Crippen LogP contribution in [-0.2, 0) is 13.0 Å². The van der Waals surface area contributed by atoms with Gasteiger partial charge in [-0.15, -0.1) is 0 Å². The zero-order valence-electron chi connectivity index (χ0n) is 11.3. The van der Waals surface area contributed by atoms with Gasteiger partial charge in [0.2, 0.25) is 0 Å². The molecular weight excluding hydrogens is 260 g/mol. The molecule has 4 heteroatoms. The molecule has 2 aromatic rings. The van der Waals surface area contributed by atoms with Crippen molar-refractivity contribution in [2.45, 2.75) is 26.0 Å². The first-order valence-corrected chi connectivity index (χ1v) is 6.46. The minimum atomic E-state index is -0.431. The molecule has 0 spiro atoms. The lowest BCUT2D eigenvalue weighted by Gasteiger charge is -2.10. The van der Waals surface area contributed by atoms with Crippen molar-refractivity contribution in [3.8, 4) is 5.75 Å². The maximum atomic E-state index is 13.8. The van der Waals surface area contributed by atoms with Crippen molar-refractivity contribution in [1.82, 2.24) is 0 Å². The minimum absolute atomic E-state index is 0.0199. The molecule has 1 atom stereocenters. The first kappa shape index (κ1) is 14.5. The Hall–Kier alpha value is -1.94. The monoisotopic (exact) mass is 277 g/mol. The summed E-state index contributed by atoms with van der Waals surface area (Å²) in [6, 6.07) is 10.8. The number of rotatable bonds is 5. The van der Waals surface area contributed by atoms with Crippen LogP contribution < -0.4 is 10.5 Å². The van der Waals surface area contributed by atoms with Gasteiger partial charge in [-0.3, -0.25) is 0 Å². The van der Waals surface area contributed by atoms with Gasteiger partial charge in [0.15, 0.2) is 11.6 Å². The fraction of sp³-hybridized carbons (Fsp3) is 0.250. The molecule has 2 nitrogen and oxygen atoms in total. The van der Waals surface area contributed by atoms with E-state index in [-0.39, 0.29) is 24.2 Å². The number of ether oxygens (including phenoxy) is 1. The van der Waals surface area contributed by atoms with Crippen LogP contribution in [0.1, 0.15) is 18.1 Å². The highest BCUT2D eigenvalue weighted by Crippen LogP contribution is 2.20. The second-order valence-electron chi connectivity index (χ2n) is 4.86. The van der Waals surface area contributed by atoms with Crippen molar-refractivity contribution in [1.29, 1.82) is 0 Å². The summed E-state index contributed by atoms with van der Waals surface area (Å²) in [4.78, 5) is 0. The van der Waals surface area contributed by atoms with E-state index in [9.17, 15) is 8.78 Å². The van der Waals surface area contributed by atoms with Gasteiger partial charge in [-0.2, -0.15) is 0 Å². The van der Waals surface area contributed by atoms with Gasteiger partial charge in [0.1, 0.15) is 12.4 Å². The van der Waals surface area contributed by atoms with Crippen molar-refractivity contribution < 1.29 is 13.5 Å². The average molecular weight is 277 g/mol. The highest BCUT2D eigenvalue weighted by molar-refractivity contribution is 5.30. The molecule has 0 heterocycles. The molecule has 20 heavy (non-hydrogen) atoms. The van der Waals surface area contributed by atoms with E-state index in [4.69, 9.17) is 10.5 Å². The van der Waals surface area contributed by atoms with Crippen LogP contribution >= 0.6 is 0 Å². The smallest absolute Gasteiger partial charge is 0.165 e. The molecule has 106 valence electrons. The van der Waals surface area contributed by atoms with E-state index in [0.717, 1.165) is 5.56 Å². The SMILES string of the molecule is CC(N)Cc1ccc(OCc2cccc(F)c2)c(F)c1. The zero-order valence-corrected chi connectivity index (χ0v) is 11.3. The van der Waals surface area contributed by atoms with Crippen molar-refractivity contribution in [3.05, 3.63) is 65.2 Å². The van der Waals surface area contributed by atoms with E-state index in [1.54, 1.807) is 24.3 Å². The Bertz CT molecular complexity index is 584. The predicted octanol–water partition coefficient (Wildman–Crippen LogP) is 3.43. The Balaban J connectivity index is 2.03. The summed E-state index contributed by atoms with van der Waals surface area (Å²) >= 11 is 0. The summed E-state index contributed by atoms with van der Waals surface area (Å²) in [6.07, 6.45) is 0.612. The molecule has 0 aliphatic carbocycles. The molecule has 2 aromatic carbocycles. The van der Waals surface area contributed by atoms with Gasteiger partial charge >= 0.3 is 0 Å². The molecular formula is C16H17F2NO. The van der Waals surface area contributed by atoms with E-state index < -0.39 is 5.82 Å². The van der Waals surface area contributed by atoms with Gasteiger partial charge in [0.05, 0.1) is 0 Å². The Morgan fingerprint density at radius 1 is 1.10 bits per heavy atom. The van der Waals surface area contributed by atoms with Crippen LogP contribution in [0.2, 0.25) is 0 Å². The van der Waals surface area contributed by atoms with Gasteiger partial charge in [0, 0.05) is 6.04 Å². The number of hydrogen-bond acceptors (Lipinski definition) is 2. The van der Waals surface area contributed by atoms with Gasteiger partial charge in [-0.1, -0.05) is 18.2 Å². The van der Waals surface area contributed by atoms with Gasteiger partial charge in [-0.25, -0.2) is 8.78 Å². The molecule has 0 aliphatic rings. The van der Waals surface area contributed by atoms with Crippen molar-refractivity contribution in [3.63, 3.8) is 0 Å². The van der Waals surface area contributed by atoms with E-state index in [0.29, 0.717) is 12.0 Å². The lowest BCUT2D eigenvalue weighted by Crippen LogP contribution is -2.17. The third kappa shape index (κ3) is 4.03. The van der Waals surface area contributed by atoms with Gasteiger partial charge in [-0.05, 0) is 48.7 Å². The summed E-state index contributed by atoms with van der Waals surface area (Å²) in [5.74, 6) is -0.610. The van der Waals surface area contributed by atoms with Crippen LogP contribution in [0.15, 0.2) is 42.5 Å². The summed E-state index contributed by atoms with van der Waals surface area (Å²) < 4.78 is 32.2. The Labute approximate surface area is 117 Å². The molecule has 0 aromatic heterocycles. The predicted molar refractivity (Wildman–Crippen MR) is 74.5 cm³/mol. The standard InChI is InChI=1S/C16H17F2NO/c1-11(19)7-12-5-6-16(15(18)9-12)20-10-13-3-2-4-14(17)8-13/h2-6,8-9,11H,7,10,19H2,1H3. The largest absolute Gasteiger partial charge is 0.486 e. The lowest BCUT2D eigenvalue weighted by molar-refractivity contribution is 0.289. The van der Waals surface area contributed by atoms with Crippen LogP contribution in [0.25, 0.3) is 0 Å². The van der Waals surface area contributed by atoms with Crippen LogP contribution in [0, 0.1) is 11.6 Å². The summed E-state index contributed by atoms with van der Waals surface area (Å²) in [6.45, 7) is 1.99. The maximum Gasteiger partial charge on any atom is 0.165 e. The highest BCUT2D eigenvalue weighted by Gasteiger charge is 2.07. The van der Waals surface area contributed by atoms with Gasteiger partial charge in [0.25, 0.3) is 0 Å². The molecule has 0 aliphatic heterocycles. The fourth-order valence-corrected chi connectivity index (χ4v) is 1.95. The molecule has 2 N–H and O–H groups in total. The number of hydrogen-bond donors (Lipinski definition) is 1. The minimum Gasteiger partial charge on any atom is -0.486 e. The van der Waals surface area contributed by atoms with E-state index in [1.807, 2.05) is 6.92 Å². The van der Waals surface area contributed by atoms with Crippen LogP contribution in [0.5, 0.6) is 5.75 Å². The summed E-state index contributed by atoms with van der Waals surface area (Å²) in [7, 11) is 0. The molecule has 0 bridgehead atoms. The Morgan fingerprint density at radius 2 is 1.90 bits per heavy atom. The second kappa shape index (κ2) is 6.48.